The Balaban J connectivity index is 1.22. The molecule has 2 aromatic heterocycles. The van der Waals surface area contributed by atoms with Gasteiger partial charge in [0.2, 0.25) is 11.9 Å². The number of hydrogen-bond acceptors (Lipinski definition) is 5. The van der Waals surface area contributed by atoms with E-state index >= 15 is 0 Å². The van der Waals surface area contributed by atoms with E-state index in [1.165, 1.54) is 17.2 Å². The van der Waals surface area contributed by atoms with Crippen molar-refractivity contribution in [1.29, 1.82) is 0 Å². The lowest BCUT2D eigenvalue weighted by Crippen LogP contribution is -2.48. The molecule has 1 unspecified atom stereocenters. The summed E-state index contributed by atoms with van der Waals surface area (Å²) in [6.45, 7) is 1.58. The zero-order valence-electron chi connectivity index (χ0n) is 19.1. The van der Waals surface area contributed by atoms with Gasteiger partial charge in [-0.25, -0.2) is 9.97 Å². The van der Waals surface area contributed by atoms with Crippen LogP contribution >= 0.6 is 0 Å². The molecule has 1 aliphatic carbocycles. The fourth-order valence-electron chi connectivity index (χ4n) is 4.97. The van der Waals surface area contributed by atoms with E-state index in [9.17, 15) is 4.79 Å². The van der Waals surface area contributed by atoms with Gasteiger partial charge >= 0.3 is 0 Å². The monoisotopic (exact) mass is 452 g/mol. The molecule has 7 nitrogen and oxygen atoms in total. The maximum atomic E-state index is 12.7. The molecule has 1 atom stereocenters. The first-order valence-electron chi connectivity index (χ1n) is 12.2. The summed E-state index contributed by atoms with van der Waals surface area (Å²) >= 11 is 0. The Kier molecular flexibility index (Phi) is 5.45. The highest BCUT2D eigenvalue weighted by Crippen LogP contribution is 2.30. The summed E-state index contributed by atoms with van der Waals surface area (Å²) in [6, 6.07) is 16.8. The van der Waals surface area contributed by atoms with E-state index in [-0.39, 0.29) is 12.0 Å². The van der Waals surface area contributed by atoms with Gasteiger partial charge in [-0.05, 0) is 48.6 Å². The van der Waals surface area contributed by atoms with Gasteiger partial charge < -0.3 is 10.2 Å². The molecule has 1 N–H and O–H groups in total. The van der Waals surface area contributed by atoms with Crippen molar-refractivity contribution >= 4 is 22.6 Å². The number of fused-ring (bicyclic) bond motifs is 1. The Morgan fingerprint density at radius 1 is 0.941 bits per heavy atom. The summed E-state index contributed by atoms with van der Waals surface area (Å²) in [5.41, 5.74) is 1.04. The summed E-state index contributed by atoms with van der Waals surface area (Å²) in [4.78, 5) is 28.6. The molecule has 2 aromatic carbocycles. The molecule has 1 amide bonds. The van der Waals surface area contributed by atoms with Gasteiger partial charge in [0.15, 0.2) is 0 Å². The second kappa shape index (κ2) is 8.89. The number of likely N-dealkylation sites (tertiary alicyclic amines) is 1. The van der Waals surface area contributed by atoms with Crippen LogP contribution in [0.4, 0.5) is 5.95 Å². The van der Waals surface area contributed by atoms with Gasteiger partial charge in [-0.2, -0.15) is 4.98 Å². The lowest BCUT2D eigenvalue weighted by Gasteiger charge is -2.37. The van der Waals surface area contributed by atoms with Crippen LogP contribution in [-0.4, -0.2) is 49.5 Å². The minimum Gasteiger partial charge on any atom is -0.350 e. The molecule has 1 saturated carbocycles. The molecule has 4 aromatic rings. The fraction of sp³-hybridized carbons (Fsp3) is 0.333. The van der Waals surface area contributed by atoms with Crippen LogP contribution < -0.4 is 5.32 Å². The molecule has 0 bridgehead atoms. The van der Waals surface area contributed by atoms with Crippen LogP contribution in [0.15, 0.2) is 67.1 Å². The molecule has 0 radical (unpaired) electrons. The number of imidazole rings is 1. The van der Waals surface area contributed by atoms with Crippen LogP contribution in [0.2, 0.25) is 0 Å². The van der Waals surface area contributed by atoms with E-state index in [1.54, 1.807) is 12.4 Å². The van der Waals surface area contributed by atoms with Gasteiger partial charge in [-0.15, -0.1) is 0 Å². The second-order valence-corrected chi connectivity index (χ2v) is 9.32. The van der Waals surface area contributed by atoms with Crippen molar-refractivity contribution in [3.63, 3.8) is 0 Å². The number of benzene rings is 2. The number of aromatic nitrogens is 4. The zero-order chi connectivity index (χ0) is 22.9. The van der Waals surface area contributed by atoms with Crippen LogP contribution in [0.3, 0.4) is 0 Å². The van der Waals surface area contributed by atoms with Crippen molar-refractivity contribution in [2.45, 2.75) is 38.1 Å². The molecule has 172 valence electrons. The summed E-state index contributed by atoms with van der Waals surface area (Å²) in [5.74, 6) is 2.75. The average molecular weight is 453 g/mol. The van der Waals surface area contributed by atoms with E-state index in [2.05, 4.69) is 45.6 Å². The number of amides is 1. The number of nitrogens with one attached hydrogen (secondary N) is 1. The second-order valence-electron chi connectivity index (χ2n) is 9.32. The Morgan fingerprint density at radius 2 is 1.82 bits per heavy atom. The highest BCUT2D eigenvalue weighted by molar-refractivity contribution is 5.86. The Bertz CT molecular complexity index is 1330. The van der Waals surface area contributed by atoms with Crippen LogP contribution in [0, 0.1) is 5.92 Å². The normalized spacial score (nSPS) is 18.6. The number of anilines is 1. The molecule has 7 heteroatoms. The third kappa shape index (κ3) is 4.02. The minimum atomic E-state index is 0.163. The molecule has 34 heavy (non-hydrogen) atoms. The average Bonchev–Trinajstić information content (AvgIpc) is 3.33. The van der Waals surface area contributed by atoms with E-state index < -0.39 is 0 Å². The largest absolute Gasteiger partial charge is 0.350 e. The number of piperidine rings is 1. The van der Waals surface area contributed by atoms with Crippen molar-refractivity contribution in [2.24, 2.45) is 5.92 Å². The Labute approximate surface area is 198 Å². The Morgan fingerprint density at radius 3 is 2.68 bits per heavy atom. The smallest absolute Gasteiger partial charge is 0.225 e. The molecule has 0 spiro atoms. The van der Waals surface area contributed by atoms with Gasteiger partial charge in [0, 0.05) is 49.2 Å². The summed E-state index contributed by atoms with van der Waals surface area (Å²) < 4.78 is 1.99. The maximum Gasteiger partial charge on any atom is 0.225 e. The quantitative estimate of drug-likeness (QED) is 0.476. The molecule has 3 heterocycles. The van der Waals surface area contributed by atoms with Crippen LogP contribution in [0.1, 0.15) is 32.1 Å². The van der Waals surface area contributed by atoms with Crippen molar-refractivity contribution in [3.8, 4) is 17.2 Å². The number of rotatable bonds is 5. The molecule has 6 rings (SSSR count). The van der Waals surface area contributed by atoms with Crippen LogP contribution in [0.5, 0.6) is 0 Å². The zero-order valence-corrected chi connectivity index (χ0v) is 19.1. The van der Waals surface area contributed by atoms with Crippen molar-refractivity contribution in [1.82, 2.24) is 24.4 Å². The SMILES string of the molecule is O=C(C1CCC1)N1CCCC(Nc2nccc(-n3ccnc3-c3ccc4ccccc4c3)n2)C1. The lowest BCUT2D eigenvalue weighted by atomic mass is 9.84. The lowest BCUT2D eigenvalue weighted by molar-refractivity contribution is -0.139. The first kappa shape index (κ1) is 20.8. The molecule has 2 fully saturated rings. The predicted molar refractivity (Wildman–Crippen MR) is 133 cm³/mol. The Hall–Kier alpha value is -3.74. The van der Waals surface area contributed by atoms with Crippen LogP contribution in [-0.2, 0) is 4.79 Å². The van der Waals surface area contributed by atoms with E-state index in [1.807, 2.05) is 33.9 Å². The van der Waals surface area contributed by atoms with Gasteiger partial charge in [-0.1, -0.05) is 42.8 Å². The van der Waals surface area contributed by atoms with Gasteiger partial charge in [0.05, 0.1) is 0 Å². The minimum absolute atomic E-state index is 0.163. The highest BCUT2D eigenvalue weighted by Gasteiger charge is 2.32. The molecular formula is C27H28N6O. The van der Waals surface area contributed by atoms with Crippen molar-refractivity contribution in [2.75, 3.05) is 18.4 Å². The predicted octanol–water partition coefficient (Wildman–Crippen LogP) is 4.69. The molecule has 1 saturated heterocycles. The standard InChI is InChI=1S/C27H28N6O/c34-26(20-7-3-8-20)32-15-4-9-23(18-32)30-27-29-13-12-24(31-27)33-16-14-28-25(33)22-11-10-19-5-1-2-6-21(19)17-22/h1-2,5-6,10-14,16-17,20,23H,3-4,7-9,15,18H2,(H,29,30,31). The van der Waals surface area contributed by atoms with E-state index in [0.29, 0.717) is 11.9 Å². The first-order valence-corrected chi connectivity index (χ1v) is 12.2. The fourth-order valence-corrected chi connectivity index (χ4v) is 4.97. The summed E-state index contributed by atoms with van der Waals surface area (Å²) in [6.07, 6.45) is 10.8. The maximum absolute atomic E-state index is 12.7. The van der Waals surface area contributed by atoms with Gasteiger partial charge in [0.25, 0.3) is 0 Å². The van der Waals surface area contributed by atoms with Crippen molar-refractivity contribution in [3.05, 3.63) is 67.1 Å². The van der Waals surface area contributed by atoms with Gasteiger partial charge in [0.1, 0.15) is 11.6 Å². The highest BCUT2D eigenvalue weighted by atomic mass is 16.2. The molecule has 1 aliphatic heterocycles. The summed E-state index contributed by atoms with van der Waals surface area (Å²) in [5, 5.41) is 5.86. The topological polar surface area (TPSA) is 75.9 Å². The number of hydrogen-bond donors (Lipinski definition) is 1. The first-order chi connectivity index (χ1) is 16.7. The van der Waals surface area contributed by atoms with Gasteiger partial charge in [-0.3, -0.25) is 9.36 Å². The number of carbonyl (C=O) groups is 1. The summed E-state index contributed by atoms with van der Waals surface area (Å²) in [7, 11) is 0. The molecular weight excluding hydrogens is 424 g/mol. The van der Waals surface area contributed by atoms with E-state index in [0.717, 1.165) is 56.0 Å². The third-order valence-corrected chi connectivity index (χ3v) is 7.06. The number of carbonyl (C=O) groups excluding carboxylic acids is 1. The van der Waals surface area contributed by atoms with Crippen LogP contribution in [0.25, 0.3) is 28.0 Å². The molecule has 2 aliphatic rings. The third-order valence-electron chi connectivity index (χ3n) is 7.06. The van der Waals surface area contributed by atoms with E-state index in [4.69, 9.17) is 4.98 Å². The van der Waals surface area contributed by atoms with Crippen molar-refractivity contribution < 1.29 is 4.79 Å². The number of nitrogens with zero attached hydrogens (tertiary/aromatic N) is 5.